The van der Waals surface area contributed by atoms with E-state index in [1.807, 2.05) is 36.4 Å². The molecule has 9 heteroatoms. The Morgan fingerprint density at radius 1 is 1.00 bits per heavy atom. The molecule has 9 nitrogen and oxygen atoms in total. The number of rotatable bonds is 4. The predicted molar refractivity (Wildman–Crippen MR) is 106 cm³/mol. The number of benzene rings is 2. The summed E-state index contributed by atoms with van der Waals surface area (Å²) in [6, 6.07) is 18.1. The van der Waals surface area contributed by atoms with E-state index in [2.05, 4.69) is 31.6 Å². The maximum Gasteiger partial charge on any atom is 0.425 e. The summed E-state index contributed by atoms with van der Waals surface area (Å²) in [5.41, 5.74) is 1.73. The first-order valence-electron chi connectivity index (χ1n) is 8.65. The van der Waals surface area contributed by atoms with Crippen LogP contribution in [0, 0.1) is 6.33 Å². The van der Waals surface area contributed by atoms with E-state index in [0.717, 1.165) is 0 Å². The van der Waals surface area contributed by atoms with Crippen LogP contribution in [0.4, 0.5) is 22.1 Å². The highest BCUT2D eigenvalue weighted by molar-refractivity contribution is 5.98. The van der Waals surface area contributed by atoms with Crippen molar-refractivity contribution in [1.29, 1.82) is 0 Å². The first-order valence-corrected chi connectivity index (χ1v) is 8.65. The van der Waals surface area contributed by atoms with Crippen LogP contribution in [0.15, 0.2) is 60.7 Å². The molecule has 0 saturated carbocycles. The van der Waals surface area contributed by atoms with Gasteiger partial charge in [0.2, 0.25) is 11.9 Å². The Bertz CT molecular complexity index is 1120. The fourth-order valence-corrected chi connectivity index (χ4v) is 2.69. The van der Waals surface area contributed by atoms with Crippen molar-refractivity contribution in [2.45, 2.75) is 6.92 Å². The van der Waals surface area contributed by atoms with Gasteiger partial charge in [0.1, 0.15) is 5.52 Å². The number of para-hydroxylation sites is 2. The number of carbonyl (C=O) groups excluding carboxylic acids is 2. The molecule has 4 aromatic rings. The van der Waals surface area contributed by atoms with Gasteiger partial charge in [0.25, 0.3) is 5.88 Å². The minimum absolute atomic E-state index is 0.0285. The van der Waals surface area contributed by atoms with Gasteiger partial charge in [-0.2, -0.15) is 9.97 Å². The molecular formula is C20H15N6O3. The number of carbonyl (C=O) groups is 2. The predicted octanol–water partition coefficient (Wildman–Crippen LogP) is 3.45. The van der Waals surface area contributed by atoms with Gasteiger partial charge in [-0.15, -0.1) is 0 Å². The van der Waals surface area contributed by atoms with E-state index in [9.17, 15) is 9.59 Å². The largest absolute Gasteiger partial charge is 0.425 e. The van der Waals surface area contributed by atoms with Crippen molar-refractivity contribution in [2.24, 2.45) is 0 Å². The Kier molecular flexibility index (Phi) is 4.85. The maximum absolute atomic E-state index is 13.1. The minimum atomic E-state index is -0.689. The average molecular weight is 387 g/mol. The number of anilines is 3. The quantitative estimate of drug-likeness (QED) is 0.554. The van der Waals surface area contributed by atoms with Gasteiger partial charge >= 0.3 is 6.09 Å². The van der Waals surface area contributed by atoms with Gasteiger partial charge in [-0.25, -0.2) is 14.7 Å². The molecule has 0 fully saturated rings. The number of imidazole rings is 1. The van der Waals surface area contributed by atoms with Crippen LogP contribution < -0.4 is 15.0 Å². The number of fused-ring (bicyclic) bond motifs is 1. The second-order valence-electron chi connectivity index (χ2n) is 5.96. The molecule has 4 rings (SSSR count). The lowest BCUT2D eigenvalue weighted by Crippen LogP contribution is -2.29. The number of amides is 2. The normalized spacial score (nSPS) is 10.5. The zero-order valence-corrected chi connectivity index (χ0v) is 15.3. The van der Waals surface area contributed by atoms with Gasteiger partial charge in [0.05, 0.1) is 11.4 Å². The van der Waals surface area contributed by atoms with Crippen molar-refractivity contribution in [3.63, 3.8) is 0 Å². The Morgan fingerprint density at radius 2 is 1.62 bits per heavy atom. The van der Waals surface area contributed by atoms with Crippen LogP contribution in [-0.2, 0) is 4.79 Å². The number of H-pyrrole nitrogens is 1. The number of hydrogen-bond acceptors (Lipinski definition) is 6. The van der Waals surface area contributed by atoms with Gasteiger partial charge in [-0.3, -0.25) is 10.1 Å². The van der Waals surface area contributed by atoms with E-state index in [1.165, 1.54) is 11.8 Å². The fraction of sp³-hybridized carbons (Fsp3) is 0.0500. The van der Waals surface area contributed by atoms with Crippen LogP contribution in [0.2, 0.25) is 0 Å². The first-order chi connectivity index (χ1) is 14.1. The Morgan fingerprint density at radius 3 is 2.21 bits per heavy atom. The molecular weight excluding hydrogens is 372 g/mol. The SMILES string of the molecule is CC(=O)Nc1nc(OC(=O)N(c2ccccc2)c2ccccc2)c2[nH][c]nc2n1. The zero-order valence-electron chi connectivity index (χ0n) is 15.3. The molecule has 0 atom stereocenters. The van der Waals surface area contributed by atoms with Crippen LogP contribution in [0.5, 0.6) is 5.88 Å². The van der Waals surface area contributed by atoms with Gasteiger partial charge in [0.15, 0.2) is 12.0 Å². The molecule has 0 aliphatic rings. The second kappa shape index (κ2) is 7.77. The topological polar surface area (TPSA) is 113 Å². The van der Waals surface area contributed by atoms with Crippen molar-refractivity contribution in [1.82, 2.24) is 19.9 Å². The minimum Gasteiger partial charge on any atom is -0.388 e. The fourth-order valence-electron chi connectivity index (χ4n) is 2.69. The smallest absolute Gasteiger partial charge is 0.388 e. The number of aromatic nitrogens is 4. The van der Waals surface area contributed by atoms with Gasteiger partial charge < -0.3 is 9.72 Å². The number of aromatic amines is 1. The highest BCUT2D eigenvalue weighted by Crippen LogP contribution is 2.28. The molecule has 0 aliphatic carbocycles. The third-order valence-corrected chi connectivity index (χ3v) is 3.88. The molecule has 0 bridgehead atoms. The molecule has 1 radical (unpaired) electrons. The number of hydrogen-bond donors (Lipinski definition) is 2. The van der Waals surface area contributed by atoms with Crippen LogP contribution >= 0.6 is 0 Å². The van der Waals surface area contributed by atoms with Crippen molar-refractivity contribution in [3.05, 3.63) is 67.0 Å². The highest BCUT2D eigenvalue weighted by atomic mass is 16.6. The van der Waals surface area contributed by atoms with Crippen LogP contribution in [0.3, 0.4) is 0 Å². The molecule has 0 saturated heterocycles. The van der Waals surface area contributed by atoms with Gasteiger partial charge in [-0.1, -0.05) is 36.4 Å². The second-order valence-corrected chi connectivity index (χ2v) is 5.96. The Hall–Kier alpha value is -4.27. The molecule has 2 aromatic carbocycles. The summed E-state index contributed by atoms with van der Waals surface area (Å²) < 4.78 is 5.57. The standard InChI is InChI=1S/C20H15N6O3/c1-13(27)23-19-24-17-16(21-12-22-17)18(25-19)29-20(28)26(14-8-4-2-5-9-14)15-10-6-3-7-11-15/h2-11H,1H3,(H2,21,22,23,24,25,27). The van der Waals surface area contributed by atoms with Crippen molar-refractivity contribution in [3.8, 4) is 5.88 Å². The van der Waals surface area contributed by atoms with Crippen molar-refractivity contribution < 1.29 is 14.3 Å². The van der Waals surface area contributed by atoms with E-state index in [-0.39, 0.29) is 28.9 Å². The molecule has 2 heterocycles. The maximum atomic E-state index is 13.1. The van der Waals surface area contributed by atoms with E-state index in [4.69, 9.17) is 4.74 Å². The van der Waals surface area contributed by atoms with E-state index in [0.29, 0.717) is 11.4 Å². The molecule has 2 amide bonds. The number of nitrogens with one attached hydrogen (secondary N) is 2. The Labute approximate surface area is 165 Å². The zero-order chi connectivity index (χ0) is 20.2. The van der Waals surface area contributed by atoms with Crippen LogP contribution in [-0.4, -0.2) is 31.9 Å². The Balaban J connectivity index is 1.73. The number of nitrogens with zero attached hydrogens (tertiary/aromatic N) is 4. The molecule has 2 aromatic heterocycles. The van der Waals surface area contributed by atoms with Crippen molar-refractivity contribution in [2.75, 3.05) is 10.2 Å². The van der Waals surface area contributed by atoms with E-state index >= 15 is 0 Å². The third kappa shape index (κ3) is 3.88. The molecule has 143 valence electrons. The molecule has 29 heavy (non-hydrogen) atoms. The summed E-state index contributed by atoms with van der Waals surface area (Å²) in [5.74, 6) is -0.468. The monoisotopic (exact) mass is 387 g/mol. The first kappa shape index (κ1) is 18.1. The summed E-state index contributed by atoms with van der Waals surface area (Å²) in [4.78, 5) is 40.7. The van der Waals surface area contributed by atoms with Crippen LogP contribution in [0.1, 0.15) is 6.92 Å². The lowest BCUT2D eigenvalue weighted by molar-refractivity contribution is -0.114. The number of ether oxygens (including phenoxy) is 1. The lowest BCUT2D eigenvalue weighted by Gasteiger charge is -2.22. The summed E-state index contributed by atoms with van der Waals surface area (Å²) >= 11 is 0. The molecule has 0 aliphatic heterocycles. The molecule has 2 N–H and O–H groups in total. The van der Waals surface area contributed by atoms with Crippen LogP contribution in [0.25, 0.3) is 11.2 Å². The van der Waals surface area contributed by atoms with Gasteiger partial charge in [0, 0.05) is 6.92 Å². The van der Waals surface area contributed by atoms with Crippen molar-refractivity contribution >= 4 is 40.5 Å². The summed E-state index contributed by atoms with van der Waals surface area (Å²) in [7, 11) is 0. The van der Waals surface area contributed by atoms with E-state index in [1.54, 1.807) is 24.3 Å². The lowest BCUT2D eigenvalue weighted by atomic mass is 10.2. The van der Waals surface area contributed by atoms with E-state index < -0.39 is 6.09 Å². The molecule has 0 spiro atoms. The third-order valence-electron chi connectivity index (χ3n) is 3.88. The highest BCUT2D eigenvalue weighted by Gasteiger charge is 2.23. The van der Waals surface area contributed by atoms with Gasteiger partial charge in [-0.05, 0) is 24.3 Å². The summed E-state index contributed by atoms with van der Waals surface area (Å²) in [6.07, 6.45) is 1.84. The average Bonchev–Trinajstić information content (AvgIpc) is 3.18. The summed E-state index contributed by atoms with van der Waals surface area (Å²) in [5, 5.41) is 2.46. The summed E-state index contributed by atoms with van der Waals surface area (Å²) in [6.45, 7) is 1.32. The molecule has 0 unspecified atom stereocenters.